The molecule has 3 heteroatoms. The van der Waals surface area contributed by atoms with Gasteiger partial charge in [-0.1, -0.05) is 153 Å². The summed E-state index contributed by atoms with van der Waals surface area (Å²) in [5, 5.41) is 0. The first-order valence-electron chi connectivity index (χ1n) is 18.9. The van der Waals surface area contributed by atoms with Crippen LogP contribution in [0.5, 0.6) is 0 Å². The van der Waals surface area contributed by atoms with Gasteiger partial charge in [0, 0.05) is 51.9 Å². The van der Waals surface area contributed by atoms with Gasteiger partial charge in [-0.15, -0.1) is 0 Å². The Morgan fingerprint density at radius 2 is 1.28 bits per heavy atom. The van der Waals surface area contributed by atoms with Crippen LogP contribution in [0.4, 0.5) is 5.69 Å². The lowest BCUT2D eigenvalue weighted by Crippen LogP contribution is -2.40. The quantitative estimate of drug-likeness (QED) is 0.181. The average molecular weight is 684 g/mol. The molecular weight excluding hydrogens is 643 g/mol. The average Bonchev–Trinajstić information content (AvgIpc) is 3.46. The Morgan fingerprint density at radius 3 is 1.94 bits per heavy atom. The van der Waals surface area contributed by atoms with Gasteiger partial charge in [-0.05, 0) is 76.1 Å². The highest BCUT2D eigenvalue weighted by Gasteiger charge is 2.47. The first-order valence-corrected chi connectivity index (χ1v) is 18.9. The van der Waals surface area contributed by atoms with Crippen molar-refractivity contribution in [1.82, 2.24) is 9.97 Å². The Kier molecular flexibility index (Phi) is 7.50. The molecular formula is C50H41N3. The second-order valence-electron chi connectivity index (χ2n) is 15.3. The minimum atomic E-state index is -0.104. The van der Waals surface area contributed by atoms with Gasteiger partial charge >= 0.3 is 0 Å². The van der Waals surface area contributed by atoms with Crippen LogP contribution in [0.15, 0.2) is 175 Å². The molecule has 53 heavy (non-hydrogen) atoms. The summed E-state index contributed by atoms with van der Waals surface area (Å²) in [4.78, 5) is 13.0. The fraction of sp³-hybridized carbons (Fsp3) is 0.160. The maximum Gasteiger partial charge on any atom is 0.160 e. The van der Waals surface area contributed by atoms with Gasteiger partial charge in [-0.25, -0.2) is 9.97 Å². The number of aromatic nitrogens is 2. The van der Waals surface area contributed by atoms with E-state index in [0.29, 0.717) is 5.92 Å². The number of anilines is 1. The summed E-state index contributed by atoms with van der Waals surface area (Å²) in [5.74, 6) is 1.36. The molecule has 4 aliphatic rings. The highest BCUT2D eigenvalue weighted by Crippen LogP contribution is 2.59. The Hall–Kier alpha value is -6.06. The van der Waals surface area contributed by atoms with Gasteiger partial charge in [0.25, 0.3) is 0 Å². The smallest absolute Gasteiger partial charge is 0.160 e. The van der Waals surface area contributed by atoms with Gasteiger partial charge in [0.1, 0.15) is 0 Å². The molecule has 0 N–H and O–H groups in total. The summed E-state index contributed by atoms with van der Waals surface area (Å²) in [6, 6.07) is 48.0. The number of hydrogen-bond acceptors (Lipinski definition) is 3. The molecule has 2 atom stereocenters. The molecule has 0 amide bonds. The van der Waals surface area contributed by atoms with Gasteiger partial charge in [0.2, 0.25) is 0 Å². The molecule has 10 rings (SSSR count). The van der Waals surface area contributed by atoms with Crippen molar-refractivity contribution < 1.29 is 0 Å². The fourth-order valence-electron chi connectivity index (χ4n) is 9.21. The van der Waals surface area contributed by atoms with Crippen molar-refractivity contribution >= 4 is 11.3 Å². The summed E-state index contributed by atoms with van der Waals surface area (Å²) in [7, 11) is 0. The van der Waals surface area contributed by atoms with Crippen LogP contribution in [-0.4, -0.2) is 16.5 Å². The highest BCUT2D eigenvalue weighted by atomic mass is 15.2. The van der Waals surface area contributed by atoms with Crippen molar-refractivity contribution in [2.45, 2.75) is 38.0 Å². The Bertz CT molecular complexity index is 2450. The van der Waals surface area contributed by atoms with E-state index >= 15 is 0 Å². The number of allylic oxidation sites excluding steroid dienone is 6. The molecule has 0 saturated heterocycles. The molecule has 2 heterocycles. The molecule has 2 unspecified atom stereocenters. The van der Waals surface area contributed by atoms with Gasteiger partial charge < -0.3 is 4.90 Å². The molecule has 0 fully saturated rings. The maximum atomic E-state index is 5.23. The van der Waals surface area contributed by atoms with E-state index in [1.165, 1.54) is 44.8 Å². The monoisotopic (exact) mass is 683 g/mol. The molecule has 3 nitrogen and oxygen atoms in total. The SMILES string of the molecule is CC1(C)C2=C(C=CC3CN(C4=CCCC=C4)c4cc(-c5nc(-c6ccccc6)cc(-c6ccccc6)n5)ccc4C23)c2cc(-c3ccccc3)ccc21. The van der Waals surface area contributed by atoms with E-state index in [1.807, 2.05) is 0 Å². The van der Waals surface area contributed by atoms with E-state index in [0.717, 1.165) is 53.3 Å². The van der Waals surface area contributed by atoms with Crippen LogP contribution in [0.1, 0.15) is 49.3 Å². The minimum Gasteiger partial charge on any atom is -0.341 e. The molecule has 0 radical (unpaired) electrons. The molecule has 6 aromatic rings. The second kappa shape index (κ2) is 12.6. The molecule has 1 aliphatic heterocycles. The van der Waals surface area contributed by atoms with Gasteiger partial charge in [-0.3, -0.25) is 0 Å². The highest BCUT2D eigenvalue weighted by molar-refractivity contribution is 5.91. The molecule has 0 bridgehead atoms. The third-order valence-electron chi connectivity index (χ3n) is 11.8. The third-order valence-corrected chi connectivity index (χ3v) is 11.8. The standard InChI is InChI=1S/C50H41N3/c1-50(2)43-28-25-36(33-15-7-3-8-16-33)29-42(43)40-26-24-38-32-53(39-21-13-6-14-22-39)46-30-37(23-27-41(46)47(38)48(40)50)49-51-44(34-17-9-4-10-18-34)31-45(52-49)35-19-11-5-12-20-35/h3-5,7-13,15-31,38,47H,6,14,32H2,1-2H3. The molecule has 0 saturated carbocycles. The zero-order valence-electron chi connectivity index (χ0n) is 30.2. The number of fused-ring (bicyclic) bond motifs is 6. The summed E-state index contributed by atoms with van der Waals surface area (Å²) in [6.07, 6.45) is 14.1. The van der Waals surface area contributed by atoms with Crippen molar-refractivity contribution in [2.75, 3.05) is 11.4 Å². The summed E-state index contributed by atoms with van der Waals surface area (Å²) in [5.41, 5.74) is 17.1. The first kappa shape index (κ1) is 31.7. The van der Waals surface area contributed by atoms with E-state index in [4.69, 9.17) is 9.97 Å². The predicted molar refractivity (Wildman–Crippen MR) is 219 cm³/mol. The van der Waals surface area contributed by atoms with E-state index < -0.39 is 0 Å². The van der Waals surface area contributed by atoms with Gasteiger partial charge in [0.05, 0.1) is 11.4 Å². The van der Waals surface area contributed by atoms with Gasteiger partial charge in [0.15, 0.2) is 5.82 Å². The van der Waals surface area contributed by atoms with E-state index in [9.17, 15) is 0 Å². The molecule has 1 aromatic heterocycles. The first-order chi connectivity index (χ1) is 26.0. The number of hydrogen-bond donors (Lipinski definition) is 0. The lowest BCUT2D eigenvalue weighted by Gasteiger charge is -2.45. The topological polar surface area (TPSA) is 29.0 Å². The van der Waals surface area contributed by atoms with Crippen molar-refractivity contribution in [3.63, 3.8) is 0 Å². The van der Waals surface area contributed by atoms with Crippen molar-refractivity contribution in [3.8, 4) is 45.0 Å². The predicted octanol–water partition coefficient (Wildman–Crippen LogP) is 12.2. The third kappa shape index (κ3) is 5.34. The van der Waals surface area contributed by atoms with E-state index in [1.54, 1.807) is 5.57 Å². The zero-order chi connectivity index (χ0) is 35.5. The Morgan fingerprint density at radius 1 is 0.623 bits per heavy atom. The van der Waals surface area contributed by atoms with Crippen LogP contribution in [0, 0.1) is 5.92 Å². The van der Waals surface area contributed by atoms with Crippen molar-refractivity contribution in [2.24, 2.45) is 5.92 Å². The number of benzene rings is 5. The summed E-state index contributed by atoms with van der Waals surface area (Å²) < 4.78 is 0. The lowest BCUT2D eigenvalue weighted by molar-refractivity contribution is 0.472. The normalized spacial score (nSPS) is 19.3. The fourth-order valence-corrected chi connectivity index (χ4v) is 9.21. The number of nitrogens with zero attached hydrogens (tertiary/aromatic N) is 3. The lowest BCUT2D eigenvalue weighted by atomic mass is 9.65. The van der Waals surface area contributed by atoms with Crippen LogP contribution in [0.2, 0.25) is 0 Å². The number of rotatable bonds is 5. The van der Waals surface area contributed by atoms with Crippen LogP contribution in [0.25, 0.3) is 50.6 Å². The minimum absolute atomic E-state index is 0.104. The zero-order valence-corrected chi connectivity index (χ0v) is 30.2. The van der Waals surface area contributed by atoms with Crippen LogP contribution < -0.4 is 4.90 Å². The van der Waals surface area contributed by atoms with Crippen molar-refractivity contribution in [3.05, 3.63) is 192 Å². The van der Waals surface area contributed by atoms with Gasteiger partial charge in [-0.2, -0.15) is 0 Å². The van der Waals surface area contributed by atoms with Crippen LogP contribution in [0.3, 0.4) is 0 Å². The second-order valence-corrected chi connectivity index (χ2v) is 15.3. The van der Waals surface area contributed by atoms with E-state index in [2.05, 4.69) is 183 Å². The maximum absolute atomic E-state index is 5.23. The molecule has 3 aliphatic carbocycles. The van der Waals surface area contributed by atoms with E-state index in [-0.39, 0.29) is 11.3 Å². The molecule has 5 aromatic carbocycles. The molecule has 256 valence electrons. The van der Waals surface area contributed by atoms with Crippen LogP contribution >= 0.6 is 0 Å². The largest absolute Gasteiger partial charge is 0.341 e. The Balaban J connectivity index is 1.14. The Labute approximate surface area is 312 Å². The van der Waals surface area contributed by atoms with Crippen LogP contribution in [-0.2, 0) is 5.41 Å². The summed E-state index contributed by atoms with van der Waals surface area (Å²) in [6.45, 7) is 5.80. The van der Waals surface area contributed by atoms with Crippen molar-refractivity contribution in [1.29, 1.82) is 0 Å². The molecule has 0 spiro atoms. The summed E-state index contributed by atoms with van der Waals surface area (Å²) >= 11 is 0.